The van der Waals surface area contributed by atoms with Crippen molar-refractivity contribution in [1.82, 2.24) is 9.55 Å². The molecule has 0 unspecified atom stereocenters. The average molecular weight is 323 g/mol. The molecule has 2 N–H and O–H groups in total. The second-order valence-corrected chi connectivity index (χ2v) is 6.66. The van der Waals surface area contributed by atoms with Crippen LogP contribution in [0, 0.1) is 11.6 Å². The number of nitrogens with zero attached hydrogens (tertiary/aromatic N) is 2. The van der Waals surface area contributed by atoms with Gasteiger partial charge in [0.2, 0.25) is 11.9 Å². The van der Waals surface area contributed by atoms with Crippen LogP contribution in [-0.4, -0.2) is 26.2 Å². The first-order valence-corrected chi connectivity index (χ1v) is 7.64. The number of fused-ring (bicyclic) bond motifs is 1. The number of hydrogen-bond acceptors (Lipinski definition) is 3. The zero-order chi connectivity index (χ0) is 16.8. The van der Waals surface area contributed by atoms with Crippen molar-refractivity contribution in [3.8, 4) is 0 Å². The second-order valence-electron chi connectivity index (χ2n) is 6.66. The lowest BCUT2D eigenvalue weighted by molar-refractivity contribution is -0.119. The fourth-order valence-electron chi connectivity index (χ4n) is 2.77. The van der Waals surface area contributed by atoms with E-state index < -0.39 is 23.1 Å². The molecule has 0 bridgehead atoms. The highest BCUT2D eigenvalue weighted by molar-refractivity contribution is 5.92. The number of benzene rings is 1. The van der Waals surface area contributed by atoms with E-state index in [4.69, 9.17) is 0 Å². The van der Waals surface area contributed by atoms with Gasteiger partial charge in [-0.1, -0.05) is 0 Å². The van der Waals surface area contributed by atoms with Gasteiger partial charge in [0.15, 0.2) is 11.6 Å². The number of carbonyl (C=O) groups excluding carboxylic acids is 1. The molecule has 1 saturated carbocycles. The molecule has 2 aromatic rings. The van der Waals surface area contributed by atoms with Crippen LogP contribution in [0.15, 0.2) is 12.1 Å². The Balaban J connectivity index is 2.02. The van der Waals surface area contributed by atoms with E-state index in [0.29, 0.717) is 5.52 Å². The van der Waals surface area contributed by atoms with Crippen molar-refractivity contribution >= 4 is 22.9 Å². The van der Waals surface area contributed by atoms with Gasteiger partial charge in [-0.05, 0) is 45.2 Å². The van der Waals surface area contributed by atoms with Gasteiger partial charge in [-0.3, -0.25) is 10.1 Å². The zero-order valence-electron chi connectivity index (χ0n) is 13.1. The number of hydrogen-bond donors (Lipinski definition) is 2. The maximum absolute atomic E-state index is 14.2. The van der Waals surface area contributed by atoms with Gasteiger partial charge in [0, 0.05) is 6.04 Å². The summed E-state index contributed by atoms with van der Waals surface area (Å²) in [5.74, 6) is -2.12. The van der Waals surface area contributed by atoms with Gasteiger partial charge >= 0.3 is 0 Å². The molecule has 23 heavy (non-hydrogen) atoms. The van der Waals surface area contributed by atoms with Gasteiger partial charge in [-0.2, -0.15) is 0 Å². The molecule has 0 aliphatic heterocycles. The number of halogens is 2. The second kappa shape index (κ2) is 5.56. The zero-order valence-corrected chi connectivity index (χ0v) is 13.1. The molecule has 0 saturated heterocycles. The number of rotatable bonds is 4. The summed E-state index contributed by atoms with van der Waals surface area (Å²) in [5.41, 5.74) is -0.781. The monoisotopic (exact) mass is 323 g/mol. The number of aliphatic hydroxyl groups is 1. The molecule has 0 atom stereocenters. The van der Waals surface area contributed by atoms with Gasteiger partial charge in [-0.15, -0.1) is 0 Å². The number of imidazole rings is 1. The van der Waals surface area contributed by atoms with E-state index in [2.05, 4.69) is 10.3 Å². The minimum Gasteiger partial charge on any atom is -0.390 e. The molecule has 1 aliphatic rings. The average Bonchev–Trinajstić information content (AvgIpc) is 2.69. The first-order valence-electron chi connectivity index (χ1n) is 7.64. The highest BCUT2D eigenvalue weighted by Gasteiger charge is 2.28. The number of anilines is 1. The van der Waals surface area contributed by atoms with Crippen LogP contribution in [0.2, 0.25) is 0 Å². The minimum absolute atomic E-state index is 0.00580. The first-order chi connectivity index (χ1) is 10.8. The summed E-state index contributed by atoms with van der Waals surface area (Å²) >= 11 is 0. The van der Waals surface area contributed by atoms with Crippen molar-refractivity contribution in [3.63, 3.8) is 0 Å². The van der Waals surface area contributed by atoms with Crippen LogP contribution in [0.3, 0.4) is 0 Å². The summed E-state index contributed by atoms with van der Waals surface area (Å²) in [7, 11) is 0. The molecule has 1 fully saturated rings. The SMILES string of the molecule is CC(C)(O)CC(=O)Nc1nc2ccc(F)c(F)c2n1C1CCC1. The lowest BCUT2D eigenvalue weighted by atomic mass is 9.92. The van der Waals surface area contributed by atoms with Crippen molar-refractivity contribution < 1.29 is 18.7 Å². The van der Waals surface area contributed by atoms with Crippen LogP contribution < -0.4 is 5.32 Å². The largest absolute Gasteiger partial charge is 0.390 e. The van der Waals surface area contributed by atoms with Crippen molar-refractivity contribution in [2.75, 3.05) is 5.32 Å². The molecule has 5 nitrogen and oxygen atoms in total. The Morgan fingerprint density at radius 2 is 2.13 bits per heavy atom. The molecule has 7 heteroatoms. The maximum atomic E-state index is 14.2. The molecule has 3 rings (SSSR count). The molecular formula is C16H19F2N3O2. The van der Waals surface area contributed by atoms with Crippen LogP contribution in [0.25, 0.3) is 11.0 Å². The summed E-state index contributed by atoms with van der Waals surface area (Å²) in [4.78, 5) is 16.3. The molecule has 1 aromatic carbocycles. The Morgan fingerprint density at radius 1 is 1.43 bits per heavy atom. The molecule has 1 heterocycles. The molecule has 124 valence electrons. The van der Waals surface area contributed by atoms with E-state index in [1.807, 2.05) is 0 Å². The normalized spacial score (nSPS) is 15.7. The van der Waals surface area contributed by atoms with Crippen molar-refractivity contribution in [2.24, 2.45) is 0 Å². The maximum Gasteiger partial charge on any atom is 0.229 e. The minimum atomic E-state index is -1.16. The standard InChI is InChI=1S/C16H19F2N3O2/c1-16(2,23)8-12(22)20-15-19-11-7-6-10(17)13(18)14(11)21(15)9-4-3-5-9/h6-7,9,23H,3-5,8H2,1-2H3,(H,19,20,22). The quantitative estimate of drug-likeness (QED) is 0.908. The predicted molar refractivity (Wildman–Crippen MR) is 82.1 cm³/mol. The highest BCUT2D eigenvalue weighted by Crippen LogP contribution is 2.38. The summed E-state index contributed by atoms with van der Waals surface area (Å²) in [6.45, 7) is 3.05. The first kappa shape index (κ1) is 15.9. The van der Waals surface area contributed by atoms with Crippen LogP contribution in [0.1, 0.15) is 45.6 Å². The van der Waals surface area contributed by atoms with E-state index in [0.717, 1.165) is 25.3 Å². The van der Waals surface area contributed by atoms with E-state index in [-0.39, 0.29) is 23.9 Å². The van der Waals surface area contributed by atoms with Crippen LogP contribution in [-0.2, 0) is 4.79 Å². The Morgan fingerprint density at radius 3 is 2.70 bits per heavy atom. The molecule has 0 radical (unpaired) electrons. The van der Waals surface area contributed by atoms with Gasteiger partial charge in [0.1, 0.15) is 5.52 Å². The molecular weight excluding hydrogens is 304 g/mol. The Hall–Kier alpha value is -2.02. The van der Waals surface area contributed by atoms with Crippen LogP contribution >= 0.6 is 0 Å². The summed E-state index contributed by atoms with van der Waals surface area (Å²) in [5, 5.41) is 12.3. The number of amides is 1. The Kier molecular flexibility index (Phi) is 3.83. The Bertz CT molecular complexity index is 761. The number of nitrogens with one attached hydrogen (secondary N) is 1. The Labute approximate surface area is 132 Å². The summed E-state index contributed by atoms with van der Waals surface area (Å²) in [6.07, 6.45) is 2.54. The molecule has 1 aromatic heterocycles. The van der Waals surface area contributed by atoms with Crippen LogP contribution in [0.5, 0.6) is 0 Å². The fraction of sp³-hybridized carbons (Fsp3) is 0.500. The highest BCUT2D eigenvalue weighted by atomic mass is 19.2. The molecule has 1 aliphatic carbocycles. The summed E-state index contributed by atoms with van der Waals surface area (Å²) in [6, 6.07) is 2.42. The van der Waals surface area contributed by atoms with Gasteiger partial charge in [0.05, 0.1) is 17.5 Å². The van der Waals surface area contributed by atoms with E-state index in [1.165, 1.54) is 19.9 Å². The van der Waals surface area contributed by atoms with Gasteiger partial charge < -0.3 is 9.67 Å². The lowest BCUT2D eigenvalue weighted by Gasteiger charge is -2.29. The number of aromatic nitrogens is 2. The number of carbonyl (C=O) groups is 1. The molecule has 0 spiro atoms. The summed E-state index contributed by atoms with van der Waals surface area (Å²) < 4.78 is 29.4. The predicted octanol–water partition coefficient (Wildman–Crippen LogP) is 3.14. The van der Waals surface area contributed by atoms with Crippen LogP contribution in [0.4, 0.5) is 14.7 Å². The van der Waals surface area contributed by atoms with E-state index >= 15 is 0 Å². The van der Waals surface area contributed by atoms with Crippen molar-refractivity contribution in [2.45, 2.75) is 51.2 Å². The van der Waals surface area contributed by atoms with Crippen molar-refractivity contribution in [1.29, 1.82) is 0 Å². The third-order valence-electron chi connectivity index (χ3n) is 4.03. The smallest absolute Gasteiger partial charge is 0.229 e. The topological polar surface area (TPSA) is 67.2 Å². The van der Waals surface area contributed by atoms with Gasteiger partial charge in [0.25, 0.3) is 0 Å². The third kappa shape index (κ3) is 3.06. The van der Waals surface area contributed by atoms with Gasteiger partial charge in [-0.25, -0.2) is 13.8 Å². The molecule has 1 amide bonds. The third-order valence-corrected chi connectivity index (χ3v) is 4.03. The van der Waals surface area contributed by atoms with Crippen molar-refractivity contribution in [3.05, 3.63) is 23.8 Å². The van der Waals surface area contributed by atoms with E-state index in [9.17, 15) is 18.7 Å². The fourth-order valence-corrected chi connectivity index (χ4v) is 2.77. The van der Waals surface area contributed by atoms with E-state index in [1.54, 1.807) is 4.57 Å². The lowest BCUT2D eigenvalue weighted by Crippen LogP contribution is -2.29.